The molecule has 1 aromatic carbocycles. The lowest BCUT2D eigenvalue weighted by Crippen LogP contribution is -2.50. The number of hydrogen-bond donors (Lipinski definition) is 1. The van der Waals surface area contributed by atoms with Gasteiger partial charge in [-0.3, -0.25) is 9.80 Å². The fourth-order valence-electron chi connectivity index (χ4n) is 3.77. The summed E-state index contributed by atoms with van der Waals surface area (Å²) in [5.74, 6) is 2.16. The van der Waals surface area contributed by atoms with Gasteiger partial charge < -0.3 is 19.5 Å². The van der Waals surface area contributed by atoms with Crippen LogP contribution in [0.4, 0.5) is 0 Å². The van der Waals surface area contributed by atoms with Crippen molar-refractivity contribution >= 4 is 12.4 Å². The fraction of sp³-hybridized carbons (Fsp3) is 0.667. The molecule has 2 fully saturated rings. The molecule has 2 saturated heterocycles. The molecule has 0 aliphatic carbocycles. The van der Waals surface area contributed by atoms with Crippen molar-refractivity contribution in [3.05, 3.63) is 17.7 Å². The topological polar surface area (TPSA) is 46.2 Å². The number of rotatable bonds is 6. The summed E-state index contributed by atoms with van der Waals surface area (Å²) < 4.78 is 16.5. The highest BCUT2D eigenvalue weighted by atomic mass is 35.5. The molecular formula is C18H30ClN3O3. The smallest absolute Gasteiger partial charge is 0.203 e. The van der Waals surface area contributed by atoms with Gasteiger partial charge in [-0.1, -0.05) is 6.07 Å². The van der Waals surface area contributed by atoms with Gasteiger partial charge in [0.15, 0.2) is 11.5 Å². The van der Waals surface area contributed by atoms with E-state index in [9.17, 15) is 0 Å². The summed E-state index contributed by atoms with van der Waals surface area (Å²) >= 11 is 0. The molecule has 0 bridgehead atoms. The summed E-state index contributed by atoms with van der Waals surface area (Å²) in [4.78, 5) is 5.12. The normalized spacial score (nSPS) is 21.6. The van der Waals surface area contributed by atoms with Crippen LogP contribution in [0.3, 0.4) is 0 Å². The minimum Gasteiger partial charge on any atom is -0.493 e. The maximum atomic E-state index is 5.60. The molecule has 1 N–H and O–H groups in total. The van der Waals surface area contributed by atoms with E-state index in [1.807, 2.05) is 6.07 Å². The number of hydrogen-bond acceptors (Lipinski definition) is 6. The van der Waals surface area contributed by atoms with Crippen LogP contribution in [0.2, 0.25) is 0 Å². The summed E-state index contributed by atoms with van der Waals surface area (Å²) in [5, 5.41) is 3.46. The van der Waals surface area contributed by atoms with Crippen LogP contribution in [0, 0.1) is 0 Å². The van der Waals surface area contributed by atoms with Crippen molar-refractivity contribution in [2.75, 3.05) is 60.6 Å². The van der Waals surface area contributed by atoms with Crippen molar-refractivity contribution in [1.82, 2.24) is 15.1 Å². The number of halogens is 1. The van der Waals surface area contributed by atoms with Crippen LogP contribution in [-0.4, -0.2) is 76.4 Å². The average molecular weight is 372 g/mol. The van der Waals surface area contributed by atoms with E-state index in [0.29, 0.717) is 11.5 Å². The molecule has 0 amide bonds. The van der Waals surface area contributed by atoms with Crippen LogP contribution in [0.5, 0.6) is 17.2 Å². The molecule has 0 saturated carbocycles. The van der Waals surface area contributed by atoms with Crippen molar-refractivity contribution in [1.29, 1.82) is 0 Å². The van der Waals surface area contributed by atoms with Crippen molar-refractivity contribution < 1.29 is 14.2 Å². The van der Waals surface area contributed by atoms with E-state index < -0.39 is 0 Å². The van der Waals surface area contributed by atoms with Crippen LogP contribution in [-0.2, 0) is 6.54 Å². The van der Waals surface area contributed by atoms with Gasteiger partial charge in [0.05, 0.1) is 21.3 Å². The van der Waals surface area contributed by atoms with E-state index in [-0.39, 0.29) is 12.4 Å². The van der Waals surface area contributed by atoms with Crippen LogP contribution in [0.1, 0.15) is 12.0 Å². The second kappa shape index (κ2) is 9.48. The molecular weight excluding hydrogens is 342 g/mol. The van der Waals surface area contributed by atoms with Gasteiger partial charge in [0.1, 0.15) is 0 Å². The van der Waals surface area contributed by atoms with Crippen molar-refractivity contribution in [2.45, 2.75) is 19.0 Å². The Kier molecular flexibility index (Phi) is 7.62. The lowest BCUT2D eigenvalue weighted by atomic mass is 10.1. The number of benzene rings is 1. The Bertz CT molecular complexity index is 545. The highest BCUT2D eigenvalue weighted by Gasteiger charge is 2.26. The van der Waals surface area contributed by atoms with Crippen LogP contribution >= 0.6 is 12.4 Å². The standard InChI is InChI=1S/C18H29N3O3.ClH/c1-22-16-5-4-14(17(23-2)18(16)24-3)13-20-8-10-21(11-9-20)15-6-7-19-12-15;/h4-5,15,19H,6-13H2,1-3H3;1H. The van der Waals surface area contributed by atoms with Gasteiger partial charge in [0.25, 0.3) is 0 Å². The summed E-state index contributed by atoms with van der Waals surface area (Å²) in [7, 11) is 4.98. The molecule has 2 heterocycles. The van der Waals surface area contributed by atoms with Gasteiger partial charge in [-0.25, -0.2) is 0 Å². The third kappa shape index (κ3) is 4.50. The first-order chi connectivity index (χ1) is 11.8. The predicted molar refractivity (Wildman–Crippen MR) is 101 cm³/mol. The van der Waals surface area contributed by atoms with Gasteiger partial charge in [0, 0.05) is 50.9 Å². The lowest BCUT2D eigenvalue weighted by Gasteiger charge is -2.38. The van der Waals surface area contributed by atoms with Gasteiger partial charge in [0.2, 0.25) is 5.75 Å². The van der Waals surface area contributed by atoms with Crippen molar-refractivity contribution in [3.63, 3.8) is 0 Å². The molecule has 7 heteroatoms. The minimum absolute atomic E-state index is 0. The largest absolute Gasteiger partial charge is 0.493 e. The molecule has 0 aromatic heterocycles. The second-order valence-electron chi connectivity index (χ2n) is 6.45. The zero-order valence-electron chi connectivity index (χ0n) is 15.4. The molecule has 142 valence electrons. The first-order valence-corrected chi connectivity index (χ1v) is 8.71. The van der Waals surface area contributed by atoms with Crippen LogP contribution in [0.15, 0.2) is 12.1 Å². The van der Waals surface area contributed by atoms with E-state index in [2.05, 4.69) is 21.2 Å². The molecule has 1 atom stereocenters. The maximum Gasteiger partial charge on any atom is 0.203 e. The Morgan fingerprint density at radius 2 is 1.72 bits per heavy atom. The number of nitrogens with one attached hydrogen (secondary N) is 1. The van der Waals surface area contributed by atoms with Crippen molar-refractivity contribution in [2.24, 2.45) is 0 Å². The molecule has 2 aliphatic heterocycles. The highest BCUT2D eigenvalue weighted by molar-refractivity contribution is 5.85. The van der Waals surface area contributed by atoms with E-state index in [4.69, 9.17) is 14.2 Å². The van der Waals surface area contributed by atoms with Gasteiger partial charge >= 0.3 is 0 Å². The van der Waals surface area contributed by atoms with E-state index in [1.165, 1.54) is 6.42 Å². The maximum absolute atomic E-state index is 5.60. The molecule has 1 unspecified atom stereocenters. The Morgan fingerprint density at radius 1 is 1.00 bits per heavy atom. The molecule has 1 aromatic rings. The number of ether oxygens (including phenoxy) is 3. The number of nitrogens with zero attached hydrogens (tertiary/aromatic N) is 2. The molecule has 0 spiro atoms. The molecule has 6 nitrogen and oxygen atoms in total. The van der Waals surface area contributed by atoms with Crippen molar-refractivity contribution in [3.8, 4) is 17.2 Å². The van der Waals surface area contributed by atoms with E-state index >= 15 is 0 Å². The molecule has 25 heavy (non-hydrogen) atoms. The summed E-state index contributed by atoms with van der Waals surface area (Å²) in [6, 6.07) is 4.76. The monoisotopic (exact) mass is 371 g/mol. The third-order valence-corrected chi connectivity index (χ3v) is 5.14. The quantitative estimate of drug-likeness (QED) is 0.819. The number of methoxy groups -OCH3 is 3. The Labute approximate surface area is 156 Å². The predicted octanol–water partition coefficient (Wildman–Crippen LogP) is 1.61. The summed E-state index contributed by atoms with van der Waals surface area (Å²) in [6.07, 6.45) is 1.28. The SMILES string of the molecule is COc1ccc(CN2CCN(C3CCNC3)CC2)c(OC)c1OC.Cl. The van der Waals surface area contributed by atoms with Gasteiger partial charge in [-0.2, -0.15) is 0 Å². The highest BCUT2D eigenvalue weighted by Crippen LogP contribution is 2.40. The molecule has 0 radical (unpaired) electrons. The third-order valence-electron chi connectivity index (χ3n) is 5.14. The van der Waals surface area contributed by atoms with Crippen LogP contribution < -0.4 is 19.5 Å². The zero-order valence-corrected chi connectivity index (χ0v) is 16.2. The van der Waals surface area contributed by atoms with E-state index in [0.717, 1.165) is 63.2 Å². The fourth-order valence-corrected chi connectivity index (χ4v) is 3.77. The molecule has 2 aliphatic rings. The van der Waals surface area contributed by atoms with Gasteiger partial charge in [-0.05, 0) is 19.0 Å². The zero-order chi connectivity index (χ0) is 16.9. The first-order valence-electron chi connectivity index (χ1n) is 8.71. The Balaban J connectivity index is 0.00000225. The van der Waals surface area contributed by atoms with Gasteiger partial charge in [-0.15, -0.1) is 12.4 Å². The molecule has 3 rings (SSSR count). The van der Waals surface area contributed by atoms with E-state index in [1.54, 1.807) is 21.3 Å². The second-order valence-corrected chi connectivity index (χ2v) is 6.45. The Hall–Kier alpha value is -1.21. The first kappa shape index (κ1) is 20.1. The number of piperazine rings is 1. The summed E-state index contributed by atoms with van der Waals surface area (Å²) in [5.41, 5.74) is 1.14. The lowest BCUT2D eigenvalue weighted by molar-refractivity contribution is 0.0975. The minimum atomic E-state index is 0. The summed E-state index contributed by atoms with van der Waals surface area (Å²) in [6.45, 7) is 7.64. The average Bonchev–Trinajstić information content (AvgIpc) is 3.16. The Morgan fingerprint density at radius 3 is 2.28 bits per heavy atom. The van der Waals surface area contributed by atoms with Crippen LogP contribution in [0.25, 0.3) is 0 Å².